The third-order valence-corrected chi connectivity index (χ3v) is 3.79. The van der Waals surface area contributed by atoms with Crippen LogP contribution in [0, 0.1) is 0 Å². The van der Waals surface area contributed by atoms with Gasteiger partial charge in [0.1, 0.15) is 11.9 Å². The highest BCUT2D eigenvalue weighted by atomic mass is 16.2. The van der Waals surface area contributed by atoms with E-state index in [0.717, 1.165) is 31.9 Å². The van der Waals surface area contributed by atoms with Gasteiger partial charge in [-0.2, -0.15) is 0 Å². The summed E-state index contributed by atoms with van der Waals surface area (Å²) in [7, 11) is 0. The van der Waals surface area contributed by atoms with Crippen LogP contribution in [0.3, 0.4) is 0 Å². The van der Waals surface area contributed by atoms with Crippen LogP contribution in [-0.2, 0) is 9.59 Å². The highest BCUT2D eigenvalue weighted by Gasteiger charge is 2.27. The Kier molecular flexibility index (Phi) is 4.01. The van der Waals surface area contributed by atoms with Gasteiger partial charge in [-0.05, 0) is 18.6 Å². The molecule has 0 spiro atoms. The molecule has 3 N–H and O–H groups in total. The van der Waals surface area contributed by atoms with Gasteiger partial charge >= 0.3 is 0 Å². The van der Waals surface area contributed by atoms with E-state index in [1.807, 2.05) is 6.07 Å². The minimum Gasteiger partial charge on any atom is -0.368 e. The monoisotopic (exact) mass is 289 g/mol. The number of nitrogens with zero attached hydrogens (tertiary/aromatic N) is 2. The first kappa shape index (κ1) is 13.8. The molecule has 0 saturated carbocycles. The second-order valence-electron chi connectivity index (χ2n) is 5.29. The molecular formula is C14H19N5O2. The van der Waals surface area contributed by atoms with Gasteiger partial charge in [0.25, 0.3) is 0 Å². The first-order chi connectivity index (χ1) is 10.2. The van der Waals surface area contributed by atoms with Crippen molar-refractivity contribution in [2.45, 2.75) is 18.9 Å². The fourth-order valence-corrected chi connectivity index (χ4v) is 2.59. The summed E-state index contributed by atoms with van der Waals surface area (Å²) in [6, 6.07) is 3.32. The Bertz CT molecular complexity index is 525. The zero-order valence-corrected chi connectivity index (χ0v) is 11.8. The first-order valence-electron chi connectivity index (χ1n) is 7.24. The van der Waals surface area contributed by atoms with Crippen molar-refractivity contribution >= 4 is 23.3 Å². The Morgan fingerprint density at radius 1 is 1.33 bits per heavy atom. The van der Waals surface area contributed by atoms with Crippen LogP contribution in [0.5, 0.6) is 0 Å². The molecule has 7 nitrogen and oxygen atoms in total. The van der Waals surface area contributed by atoms with Crippen molar-refractivity contribution in [3.8, 4) is 0 Å². The number of carbonyl (C=O) groups is 2. The smallest absolute Gasteiger partial charge is 0.248 e. The number of anilines is 2. The second-order valence-corrected chi connectivity index (χ2v) is 5.29. The molecule has 112 valence electrons. The van der Waals surface area contributed by atoms with Gasteiger partial charge in [-0.25, -0.2) is 4.98 Å². The van der Waals surface area contributed by atoms with Gasteiger partial charge in [-0.15, -0.1) is 0 Å². The number of aromatic nitrogens is 1. The lowest BCUT2D eigenvalue weighted by Gasteiger charge is -2.29. The van der Waals surface area contributed by atoms with Gasteiger partial charge in [0.05, 0.1) is 11.9 Å². The molecular weight excluding hydrogens is 270 g/mol. The predicted octanol–water partition coefficient (Wildman–Crippen LogP) is -0.292. The van der Waals surface area contributed by atoms with Crippen LogP contribution in [0.15, 0.2) is 18.3 Å². The molecule has 1 atom stereocenters. The molecule has 0 bridgehead atoms. The quantitative estimate of drug-likeness (QED) is 0.712. The van der Waals surface area contributed by atoms with E-state index < -0.39 is 6.04 Å². The molecule has 0 radical (unpaired) electrons. The fourth-order valence-electron chi connectivity index (χ4n) is 2.59. The largest absolute Gasteiger partial charge is 0.368 e. The predicted molar refractivity (Wildman–Crippen MR) is 79.1 cm³/mol. The van der Waals surface area contributed by atoms with E-state index in [4.69, 9.17) is 0 Å². The van der Waals surface area contributed by atoms with Crippen LogP contribution in [0.25, 0.3) is 0 Å². The fraction of sp³-hybridized carbons (Fsp3) is 0.500. The molecule has 7 heteroatoms. The lowest BCUT2D eigenvalue weighted by Crippen LogP contribution is -2.43. The summed E-state index contributed by atoms with van der Waals surface area (Å²) in [6.45, 7) is 3.86. The Labute approximate surface area is 123 Å². The number of rotatable bonds is 3. The first-order valence-corrected chi connectivity index (χ1v) is 7.24. The molecule has 3 heterocycles. The SMILES string of the molecule is O=C1CC[C@H](C(=O)Nc2ccc(N3CCNCC3)cn2)N1. The third-order valence-electron chi connectivity index (χ3n) is 3.79. The highest BCUT2D eigenvalue weighted by Crippen LogP contribution is 2.16. The lowest BCUT2D eigenvalue weighted by molar-refractivity contribution is -0.122. The van der Waals surface area contributed by atoms with Crippen molar-refractivity contribution in [1.29, 1.82) is 0 Å². The van der Waals surface area contributed by atoms with E-state index in [-0.39, 0.29) is 11.8 Å². The van der Waals surface area contributed by atoms with Crippen molar-refractivity contribution in [3.05, 3.63) is 18.3 Å². The number of amides is 2. The minimum absolute atomic E-state index is 0.0721. The van der Waals surface area contributed by atoms with Crippen LogP contribution in [0.2, 0.25) is 0 Å². The van der Waals surface area contributed by atoms with Crippen LogP contribution in [0.1, 0.15) is 12.8 Å². The average molecular weight is 289 g/mol. The van der Waals surface area contributed by atoms with E-state index in [2.05, 4.69) is 25.8 Å². The van der Waals surface area contributed by atoms with Crippen LogP contribution >= 0.6 is 0 Å². The van der Waals surface area contributed by atoms with Crippen molar-refractivity contribution < 1.29 is 9.59 Å². The molecule has 2 fully saturated rings. The molecule has 0 aromatic carbocycles. The van der Waals surface area contributed by atoms with Crippen LogP contribution < -0.4 is 20.9 Å². The van der Waals surface area contributed by atoms with Crippen molar-refractivity contribution in [1.82, 2.24) is 15.6 Å². The van der Waals surface area contributed by atoms with E-state index in [0.29, 0.717) is 18.7 Å². The standard InChI is InChI=1S/C14H19N5O2/c20-13-4-2-11(17-13)14(21)18-12-3-1-10(9-16-12)19-7-5-15-6-8-19/h1,3,9,11,15H,2,4-8H2,(H,17,20)(H,16,18,21)/t11-/m1/s1. The molecule has 2 amide bonds. The van der Waals surface area contributed by atoms with Gasteiger partial charge in [-0.1, -0.05) is 0 Å². The molecule has 0 unspecified atom stereocenters. The van der Waals surface area contributed by atoms with Crippen LogP contribution in [0.4, 0.5) is 11.5 Å². The van der Waals surface area contributed by atoms with Gasteiger partial charge < -0.3 is 20.9 Å². The molecule has 2 aliphatic rings. The Morgan fingerprint density at radius 3 is 2.76 bits per heavy atom. The molecule has 3 rings (SSSR count). The molecule has 1 aromatic heterocycles. The third kappa shape index (κ3) is 3.30. The lowest BCUT2D eigenvalue weighted by atomic mass is 10.2. The second kappa shape index (κ2) is 6.09. The molecule has 21 heavy (non-hydrogen) atoms. The number of carbonyl (C=O) groups excluding carboxylic acids is 2. The zero-order valence-electron chi connectivity index (χ0n) is 11.8. The summed E-state index contributed by atoms with van der Waals surface area (Å²) in [4.78, 5) is 29.6. The van der Waals surface area contributed by atoms with Crippen molar-refractivity contribution in [2.75, 3.05) is 36.4 Å². The summed E-state index contributed by atoms with van der Waals surface area (Å²) >= 11 is 0. The zero-order chi connectivity index (χ0) is 14.7. The average Bonchev–Trinajstić information content (AvgIpc) is 2.96. The van der Waals surface area contributed by atoms with Crippen LogP contribution in [-0.4, -0.2) is 49.0 Å². The number of pyridine rings is 1. The summed E-state index contributed by atoms with van der Waals surface area (Å²) in [5.41, 5.74) is 1.06. The molecule has 1 aromatic rings. The maximum absolute atomic E-state index is 12.0. The van der Waals surface area contributed by atoms with E-state index in [9.17, 15) is 9.59 Å². The summed E-state index contributed by atoms with van der Waals surface area (Å²) < 4.78 is 0. The topological polar surface area (TPSA) is 86.4 Å². The maximum atomic E-state index is 12.0. The number of hydrogen-bond acceptors (Lipinski definition) is 5. The van der Waals surface area contributed by atoms with Gasteiger partial charge in [0, 0.05) is 32.6 Å². The van der Waals surface area contributed by atoms with Crippen molar-refractivity contribution in [3.63, 3.8) is 0 Å². The molecule has 0 aliphatic carbocycles. The van der Waals surface area contributed by atoms with Gasteiger partial charge in [0.2, 0.25) is 11.8 Å². The highest BCUT2D eigenvalue weighted by molar-refractivity contribution is 5.98. The molecule has 2 saturated heterocycles. The maximum Gasteiger partial charge on any atom is 0.248 e. The van der Waals surface area contributed by atoms with E-state index in [1.165, 1.54) is 0 Å². The summed E-state index contributed by atoms with van der Waals surface area (Å²) in [6.07, 6.45) is 2.73. The number of piperazine rings is 1. The number of hydrogen-bond donors (Lipinski definition) is 3. The summed E-state index contributed by atoms with van der Waals surface area (Å²) in [5.74, 6) is 0.237. The normalized spacial score (nSPS) is 22.0. The Morgan fingerprint density at radius 2 is 2.14 bits per heavy atom. The van der Waals surface area contributed by atoms with E-state index >= 15 is 0 Å². The van der Waals surface area contributed by atoms with E-state index in [1.54, 1.807) is 12.3 Å². The number of nitrogens with one attached hydrogen (secondary N) is 3. The summed E-state index contributed by atoms with van der Waals surface area (Å²) in [5, 5.41) is 8.69. The molecule has 2 aliphatic heterocycles. The van der Waals surface area contributed by atoms with Gasteiger partial charge in [0.15, 0.2) is 0 Å². The van der Waals surface area contributed by atoms with Gasteiger partial charge in [-0.3, -0.25) is 9.59 Å². The Hall–Kier alpha value is -2.15. The minimum atomic E-state index is -0.438. The Balaban J connectivity index is 1.59. The van der Waals surface area contributed by atoms with Crippen molar-refractivity contribution in [2.24, 2.45) is 0 Å².